The van der Waals surface area contributed by atoms with Crippen LogP contribution in [0.4, 0.5) is 0 Å². The van der Waals surface area contributed by atoms with E-state index in [1.165, 1.54) is 12.0 Å². The van der Waals surface area contributed by atoms with E-state index >= 15 is 0 Å². The Balaban J connectivity index is 2.08. The van der Waals surface area contributed by atoms with Crippen LogP contribution in [-0.2, 0) is 14.3 Å². The van der Waals surface area contributed by atoms with E-state index in [2.05, 4.69) is 4.98 Å². The van der Waals surface area contributed by atoms with Crippen molar-refractivity contribution in [1.82, 2.24) is 9.88 Å². The molecular weight excluding hydrogens is 360 g/mol. The van der Waals surface area contributed by atoms with E-state index < -0.39 is 17.7 Å². The third-order valence-electron chi connectivity index (χ3n) is 4.52. The van der Waals surface area contributed by atoms with Gasteiger partial charge in [0.05, 0.1) is 24.8 Å². The van der Waals surface area contributed by atoms with Crippen molar-refractivity contribution in [3.8, 4) is 5.75 Å². The fraction of sp³-hybridized carbons (Fsp3) is 0.286. The van der Waals surface area contributed by atoms with Crippen molar-refractivity contribution in [1.29, 1.82) is 0 Å². The van der Waals surface area contributed by atoms with Gasteiger partial charge in [-0.25, -0.2) is 0 Å². The fourth-order valence-electron chi connectivity index (χ4n) is 3.22. The van der Waals surface area contributed by atoms with Crippen molar-refractivity contribution in [2.45, 2.75) is 13.0 Å². The molecule has 2 aromatic rings. The molecule has 1 aliphatic heterocycles. The number of ketones is 1. The maximum Gasteiger partial charge on any atom is 0.295 e. The van der Waals surface area contributed by atoms with Crippen LogP contribution in [0.5, 0.6) is 5.75 Å². The van der Waals surface area contributed by atoms with Gasteiger partial charge in [-0.1, -0.05) is 6.07 Å². The third kappa shape index (κ3) is 3.75. The number of ether oxygens (including phenoxy) is 2. The van der Waals surface area contributed by atoms with Crippen molar-refractivity contribution in [3.63, 3.8) is 0 Å². The zero-order chi connectivity index (χ0) is 20.1. The molecule has 0 aliphatic carbocycles. The molecule has 0 spiro atoms. The molecule has 1 aromatic heterocycles. The lowest BCUT2D eigenvalue weighted by Gasteiger charge is -2.24. The highest BCUT2D eigenvalue weighted by Gasteiger charge is 2.45. The summed E-state index contributed by atoms with van der Waals surface area (Å²) in [5, 5.41) is 10.9. The average molecular weight is 382 g/mol. The molecule has 7 heteroatoms. The lowest BCUT2D eigenvalue weighted by Crippen LogP contribution is -2.32. The van der Waals surface area contributed by atoms with Gasteiger partial charge < -0.3 is 19.5 Å². The summed E-state index contributed by atoms with van der Waals surface area (Å²) in [7, 11) is 1.52. The fourth-order valence-corrected chi connectivity index (χ4v) is 3.22. The summed E-state index contributed by atoms with van der Waals surface area (Å²) < 4.78 is 10.5. The second kappa shape index (κ2) is 8.67. The number of Topliss-reactive ketones (excluding diaryl/α,β-unsaturated/α-hetero) is 1. The van der Waals surface area contributed by atoms with Crippen LogP contribution in [-0.4, -0.2) is 53.5 Å². The van der Waals surface area contributed by atoms with Gasteiger partial charge in [-0.2, -0.15) is 0 Å². The monoisotopic (exact) mass is 382 g/mol. The minimum Gasteiger partial charge on any atom is -0.507 e. The number of aliphatic hydroxyl groups is 1. The van der Waals surface area contributed by atoms with Gasteiger partial charge in [0.25, 0.3) is 11.7 Å². The Kier molecular flexibility index (Phi) is 6.06. The average Bonchev–Trinajstić information content (AvgIpc) is 2.98. The SMILES string of the molecule is CCOc1ccc(/C(O)=C2/C(=O)C(=O)N(CCOC)C2c2cccnc2)cc1. The molecule has 1 unspecified atom stereocenters. The van der Waals surface area contributed by atoms with Gasteiger partial charge in [-0.3, -0.25) is 14.6 Å². The molecular formula is C21H22N2O5. The molecule has 1 N–H and O–H groups in total. The van der Waals surface area contributed by atoms with Crippen LogP contribution >= 0.6 is 0 Å². The summed E-state index contributed by atoms with van der Waals surface area (Å²) in [4.78, 5) is 30.9. The van der Waals surface area contributed by atoms with E-state index in [9.17, 15) is 14.7 Å². The number of nitrogens with zero attached hydrogens (tertiary/aromatic N) is 2. The largest absolute Gasteiger partial charge is 0.507 e. The summed E-state index contributed by atoms with van der Waals surface area (Å²) in [6.07, 6.45) is 3.19. The molecule has 1 atom stereocenters. The van der Waals surface area contributed by atoms with Crippen LogP contribution in [0.2, 0.25) is 0 Å². The van der Waals surface area contributed by atoms with E-state index in [-0.39, 0.29) is 24.5 Å². The van der Waals surface area contributed by atoms with Crippen molar-refractivity contribution < 1.29 is 24.2 Å². The topological polar surface area (TPSA) is 89.0 Å². The predicted molar refractivity (Wildman–Crippen MR) is 103 cm³/mol. The van der Waals surface area contributed by atoms with E-state index in [0.717, 1.165) is 0 Å². The minimum atomic E-state index is -0.726. The quantitative estimate of drug-likeness (QED) is 0.450. The summed E-state index contributed by atoms with van der Waals surface area (Å²) in [5.74, 6) is -0.965. The maximum atomic E-state index is 12.8. The highest BCUT2D eigenvalue weighted by atomic mass is 16.5. The number of amides is 1. The van der Waals surface area contributed by atoms with Gasteiger partial charge >= 0.3 is 0 Å². The van der Waals surface area contributed by atoms with Gasteiger partial charge in [-0.15, -0.1) is 0 Å². The smallest absolute Gasteiger partial charge is 0.295 e. The molecule has 1 aliphatic rings. The number of pyridine rings is 1. The van der Waals surface area contributed by atoms with E-state index in [4.69, 9.17) is 9.47 Å². The summed E-state index contributed by atoms with van der Waals surface area (Å²) >= 11 is 0. The molecule has 0 bridgehead atoms. The molecule has 0 radical (unpaired) electrons. The molecule has 1 saturated heterocycles. The molecule has 28 heavy (non-hydrogen) atoms. The van der Waals surface area contributed by atoms with Crippen molar-refractivity contribution in [2.24, 2.45) is 0 Å². The molecule has 7 nitrogen and oxygen atoms in total. The van der Waals surface area contributed by atoms with Crippen molar-refractivity contribution in [2.75, 3.05) is 26.9 Å². The lowest BCUT2D eigenvalue weighted by atomic mass is 9.96. The number of carbonyl (C=O) groups excluding carboxylic acids is 2. The highest BCUT2D eigenvalue weighted by molar-refractivity contribution is 6.46. The van der Waals surface area contributed by atoms with E-state index in [1.807, 2.05) is 6.92 Å². The first-order valence-corrected chi connectivity index (χ1v) is 8.99. The number of methoxy groups -OCH3 is 1. The van der Waals surface area contributed by atoms with Crippen LogP contribution in [0, 0.1) is 0 Å². The number of hydrogen-bond donors (Lipinski definition) is 1. The van der Waals surface area contributed by atoms with Crippen LogP contribution in [0.15, 0.2) is 54.4 Å². The van der Waals surface area contributed by atoms with Crippen LogP contribution in [0.25, 0.3) is 5.76 Å². The van der Waals surface area contributed by atoms with Crippen LogP contribution in [0.3, 0.4) is 0 Å². The Bertz CT molecular complexity index is 877. The Morgan fingerprint density at radius 1 is 1.21 bits per heavy atom. The Hall–Kier alpha value is -3.19. The van der Waals surface area contributed by atoms with E-state index in [1.54, 1.807) is 48.8 Å². The summed E-state index contributed by atoms with van der Waals surface area (Å²) in [5.41, 5.74) is 1.12. The Morgan fingerprint density at radius 3 is 2.57 bits per heavy atom. The molecule has 1 amide bonds. The minimum absolute atomic E-state index is 0.0401. The standard InChI is InChI=1S/C21H22N2O5/c1-3-28-16-8-6-14(7-9-16)19(24)17-18(15-5-4-10-22-13-15)23(11-12-27-2)21(26)20(17)25/h4-10,13,18,24H,3,11-12H2,1-2H3/b19-17-. The normalized spacial score (nSPS) is 18.5. The van der Waals surface area contributed by atoms with Gasteiger partial charge in [0, 0.05) is 31.6 Å². The zero-order valence-electron chi connectivity index (χ0n) is 15.8. The number of hydrogen-bond acceptors (Lipinski definition) is 6. The zero-order valence-corrected chi connectivity index (χ0v) is 15.8. The molecule has 1 aromatic carbocycles. The second-order valence-corrected chi connectivity index (χ2v) is 6.23. The van der Waals surface area contributed by atoms with Crippen LogP contribution < -0.4 is 4.74 Å². The summed E-state index contributed by atoms with van der Waals surface area (Å²) in [6, 6.07) is 9.50. The molecule has 146 valence electrons. The Labute approximate surface area is 163 Å². The number of aliphatic hydroxyl groups excluding tert-OH is 1. The number of carbonyl (C=O) groups is 2. The maximum absolute atomic E-state index is 12.8. The number of likely N-dealkylation sites (tertiary alicyclic amines) is 1. The first kappa shape index (κ1) is 19.6. The Morgan fingerprint density at radius 2 is 1.96 bits per heavy atom. The van der Waals surface area contributed by atoms with Crippen LogP contribution in [0.1, 0.15) is 24.1 Å². The second-order valence-electron chi connectivity index (χ2n) is 6.23. The van der Waals surface area contributed by atoms with Gasteiger partial charge in [0.15, 0.2) is 0 Å². The predicted octanol–water partition coefficient (Wildman–Crippen LogP) is 2.55. The number of rotatable bonds is 7. The number of aromatic nitrogens is 1. The van der Waals surface area contributed by atoms with E-state index in [0.29, 0.717) is 23.5 Å². The third-order valence-corrected chi connectivity index (χ3v) is 4.52. The van der Waals surface area contributed by atoms with Gasteiger partial charge in [-0.05, 0) is 42.8 Å². The molecule has 1 fully saturated rings. The van der Waals surface area contributed by atoms with Gasteiger partial charge in [0.2, 0.25) is 0 Å². The molecule has 0 saturated carbocycles. The van der Waals surface area contributed by atoms with Gasteiger partial charge in [0.1, 0.15) is 11.5 Å². The first-order chi connectivity index (χ1) is 13.6. The lowest BCUT2D eigenvalue weighted by molar-refractivity contribution is -0.140. The molecule has 3 rings (SSSR count). The number of benzene rings is 1. The highest BCUT2D eigenvalue weighted by Crippen LogP contribution is 2.39. The van der Waals surface area contributed by atoms with Crippen molar-refractivity contribution in [3.05, 3.63) is 65.5 Å². The first-order valence-electron chi connectivity index (χ1n) is 8.99. The molecule has 2 heterocycles. The van der Waals surface area contributed by atoms with Crippen molar-refractivity contribution >= 4 is 17.4 Å². The summed E-state index contributed by atoms with van der Waals surface area (Å²) in [6.45, 7) is 2.90.